The van der Waals surface area contributed by atoms with E-state index in [0.717, 1.165) is 0 Å². The van der Waals surface area contributed by atoms with E-state index < -0.39 is 15.6 Å². The highest BCUT2D eigenvalue weighted by Gasteiger charge is 2.34. The molecule has 8 heteroatoms. The van der Waals surface area contributed by atoms with Crippen LogP contribution in [-0.4, -0.2) is 31.9 Å². The average Bonchev–Trinajstić information content (AvgIpc) is 3.08. The third-order valence-corrected chi connectivity index (χ3v) is 6.61. The van der Waals surface area contributed by atoms with Gasteiger partial charge in [0.15, 0.2) is 0 Å². The monoisotopic (exact) mass is 341 g/mol. The molecule has 1 fully saturated rings. The first-order chi connectivity index (χ1) is 10.4. The van der Waals surface area contributed by atoms with E-state index in [2.05, 4.69) is 0 Å². The zero-order valence-electron chi connectivity index (χ0n) is 11.9. The van der Waals surface area contributed by atoms with E-state index in [1.54, 1.807) is 30.5 Å². The molecule has 1 aliphatic rings. The minimum atomic E-state index is -3.45. The van der Waals surface area contributed by atoms with E-state index in [1.807, 2.05) is 0 Å². The van der Waals surface area contributed by atoms with Crippen LogP contribution in [0.2, 0.25) is 0 Å². The summed E-state index contributed by atoms with van der Waals surface area (Å²) in [6, 6.07) is 6.20. The molecule has 3 rings (SSSR count). The lowest BCUT2D eigenvalue weighted by Gasteiger charge is -2.16. The molecule has 0 bridgehead atoms. The molecule has 1 unspecified atom stereocenters. The van der Waals surface area contributed by atoms with E-state index in [4.69, 9.17) is 9.15 Å². The van der Waals surface area contributed by atoms with Gasteiger partial charge in [-0.3, -0.25) is 0 Å². The highest BCUT2D eigenvalue weighted by molar-refractivity contribution is 7.91. The molecule has 2 aromatic heterocycles. The summed E-state index contributed by atoms with van der Waals surface area (Å²) in [4.78, 5) is 11.3. The number of hydrogen-bond acceptors (Lipinski definition) is 6. The maximum Gasteiger partial charge on any atom is 0.339 e. The van der Waals surface area contributed by atoms with Crippen molar-refractivity contribution in [3.8, 4) is 5.75 Å². The average molecular weight is 341 g/mol. The highest BCUT2D eigenvalue weighted by Crippen LogP contribution is 2.26. The first-order valence-corrected chi connectivity index (χ1v) is 9.09. The minimum Gasteiger partial charge on any atom is -0.489 e. The second-order valence-corrected chi connectivity index (χ2v) is 8.16. The second-order valence-electron chi connectivity index (χ2n) is 5.05. The Bertz CT molecular complexity index is 810. The molecule has 0 saturated carbocycles. The molecule has 118 valence electrons. The number of thiophene rings is 1. The number of rotatable bonds is 4. The van der Waals surface area contributed by atoms with Crippen LogP contribution in [0.15, 0.2) is 43.1 Å². The van der Waals surface area contributed by atoms with Crippen LogP contribution in [0.25, 0.3) is 0 Å². The lowest BCUT2D eigenvalue weighted by Crippen LogP contribution is -2.30. The predicted octanol–water partition coefficient (Wildman–Crippen LogP) is 1.85. The summed E-state index contributed by atoms with van der Waals surface area (Å²) in [5.41, 5.74) is -0.476. The Morgan fingerprint density at radius 2 is 2.23 bits per heavy atom. The van der Waals surface area contributed by atoms with Gasteiger partial charge >= 0.3 is 5.63 Å². The third-order valence-electron chi connectivity index (χ3n) is 3.37. The fourth-order valence-electron chi connectivity index (χ4n) is 2.39. The quantitative estimate of drug-likeness (QED) is 0.848. The first-order valence-electron chi connectivity index (χ1n) is 6.77. The normalized spacial score (nSPS) is 19.4. The van der Waals surface area contributed by atoms with Gasteiger partial charge in [-0.15, -0.1) is 11.3 Å². The summed E-state index contributed by atoms with van der Waals surface area (Å²) in [5.74, 6) is 0.873. The summed E-state index contributed by atoms with van der Waals surface area (Å²) in [7, 11) is -3.45. The molecule has 1 aliphatic heterocycles. The van der Waals surface area contributed by atoms with Crippen molar-refractivity contribution < 1.29 is 17.6 Å². The van der Waals surface area contributed by atoms with E-state index in [-0.39, 0.29) is 12.6 Å². The number of aryl methyl sites for hydroxylation is 1. The molecule has 0 spiro atoms. The van der Waals surface area contributed by atoms with E-state index >= 15 is 0 Å². The van der Waals surface area contributed by atoms with Crippen LogP contribution in [0.4, 0.5) is 0 Å². The molecule has 1 atom stereocenters. The van der Waals surface area contributed by atoms with Crippen LogP contribution in [0.1, 0.15) is 12.2 Å². The molecule has 2 aromatic rings. The van der Waals surface area contributed by atoms with Gasteiger partial charge in [0, 0.05) is 12.6 Å². The van der Waals surface area contributed by atoms with Gasteiger partial charge in [0.1, 0.15) is 21.8 Å². The fourth-order valence-corrected chi connectivity index (χ4v) is 5.02. The standard InChI is InChI=1S/C14H15NO5S2/c1-10-7-12(8-13(16)19-10)20-11-4-5-15(9-11)22(17,18)14-3-2-6-21-14/h2-3,6-8,11H,4-5,9H2,1H3. The molecule has 0 aliphatic carbocycles. The molecular formula is C14H15NO5S2. The lowest BCUT2D eigenvalue weighted by molar-refractivity contribution is 0.213. The van der Waals surface area contributed by atoms with Crippen LogP contribution in [0, 0.1) is 6.92 Å². The summed E-state index contributed by atoms with van der Waals surface area (Å²) >= 11 is 1.20. The van der Waals surface area contributed by atoms with Gasteiger partial charge in [-0.1, -0.05) is 6.07 Å². The van der Waals surface area contributed by atoms with Gasteiger partial charge in [-0.2, -0.15) is 4.31 Å². The first kappa shape index (κ1) is 15.3. The van der Waals surface area contributed by atoms with Gasteiger partial charge in [-0.05, 0) is 24.8 Å². The van der Waals surface area contributed by atoms with Gasteiger partial charge in [0.25, 0.3) is 10.0 Å². The number of ether oxygens (including phenoxy) is 1. The molecular weight excluding hydrogens is 326 g/mol. The molecule has 0 aromatic carbocycles. The zero-order chi connectivity index (χ0) is 15.7. The summed E-state index contributed by atoms with van der Waals surface area (Å²) < 4.78 is 37.2. The maximum atomic E-state index is 12.4. The SMILES string of the molecule is Cc1cc(OC2CCN(S(=O)(=O)c3cccs3)C2)cc(=O)o1. The molecule has 22 heavy (non-hydrogen) atoms. The Balaban J connectivity index is 1.71. The van der Waals surface area contributed by atoms with Crippen molar-refractivity contribution in [3.63, 3.8) is 0 Å². The predicted molar refractivity (Wildman–Crippen MR) is 81.8 cm³/mol. The number of sulfonamides is 1. The fraction of sp³-hybridized carbons (Fsp3) is 0.357. The largest absolute Gasteiger partial charge is 0.489 e. The molecule has 1 saturated heterocycles. The van der Waals surface area contributed by atoms with Crippen molar-refractivity contribution in [2.45, 2.75) is 23.7 Å². The highest BCUT2D eigenvalue weighted by atomic mass is 32.2. The van der Waals surface area contributed by atoms with Gasteiger partial charge in [-0.25, -0.2) is 13.2 Å². The molecule has 6 nitrogen and oxygen atoms in total. The van der Waals surface area contributed by atoms with Crippen molar-refractivity contribution in [1.29, 1.82) is 0 Å². The van der Waals surface area contributed by atoms with Crippen LogP contribution in [0.5, 0.6) is 5.75 Å². The van der Waals surface area contributed by atoms with E-state index in [9.17, 15) is 13.2 Å². The summed E-state index contributed by atoms with van der Waals surface area (Å²) in [6.45, 7) is 2.35. The topological polar surface area (TPSA) is 76.8 Å². The molecule has 3 heterocycles. The van der Waals surface area contributed by atoms with Crippen molar-refractivity contribution in [1.82, 2.24) is 4.31 Å². The smallest absolute Gasteiger partial charge is 0.339 e. The number of hydrogen-bond donors (Lipinski definition) is 0. The van der Waals surface area contributed by atoms with Crippen LogP contribution >= 0.6 is 11.3 Å². The van der Waals surface area contributed by atoms with Crippen LogP contribution in [0.3, 0.4) is 0 Å². The van der Waals surface area contributed by atoms with Gasteiger partial charge < -0.3 is 9.15 Å². The molecule has 0 N–H and O–H groups in total. The van der Waals surface area contributed by atoms with Crippen molar-refractivity contribution >= 4 is 21.4 Å². The van der Waals surface area contributed by atoms with Crippen molar-refractivity contribution in [2.24, 2.45) is 0 Å². The Morgan fingerprint density at radius 3 is 2.91 bits per heavy atom. The van der Waals surface area contributed by atoms with Gasteiger partial charge in [0.05, 0.1) is 12.6 Å². The van der Waals surface area contributed by atoms with Crippen LogP contribution in [-0.2, 0) is 10.0 Å². The second kappa shape index (κ2) is 5.86. The summed E-state index contributed by atoms with van der Waals surface area (Å²) in [5, 5.41) is 1.74. The zero-order valence-corrected chi connectivity index (χ0v) is 13.5. The Labute approximate surface area is 132 Å². The van der Waals surface area contributed by atoms with Crippen molar-refractivity contribution in [3.05, 3.63) is 45.8 Å². The Kier molecular flexibility index (Phi) is 4.07. The lowest BCUT2D eigenvalue weighted by atomic mass is 10.3. The third kappa shape index (κ3) is 3.08. The number of nitrogens with zero attached hydrogens (tertiary/aromatic N) is 1. The Hall–Kier alpha value is -1.64. The molecule has 0 amide bonds. The molecule has 0 radical (unpaired) electrons. The van der Waals surface area contributed by atoms with E-state index in [1.165, 1.54) is 21.7 Å². The van der Waals surface area contributed by atoms with Gasteiger partial charge in [0.2, 0.25) is 0 Å². The Morgan fingerprint density at radius 1 is 1.41 bits per heavy atom. The van der Waals surface area contributed by atoms with Crippen LogP contribution < -0.4 is 10.4 Å². The minimum absolute atomic E-state index is 0.268. The maximum absolute atomic E-state index is 12.4. The van der Waals surface area contributed by atoms with E-state index in [0.29, 0.717) is 28.7 Å². The van der Waals surface area contributed by atoms with Crippen molar-refractivity contribution in [2.75, 3.05) is 13.1 Å². The summed E-state index contributed by atoms with van der Waals surface area (Å²) in [6.07, 6.45) is 0.320.